The minimum atomic E-state index is -0.534. The summed E-state index contributed by atoms with van der Waals surface area (Å²) < 4.78 is 5.47. The lowest BCUT2D eigenvalue weighted by molar-refractivity contribution is 0.0228. The molecule has 148 valence electrons. The number of aliphatic hydroxyl groups excluding tert-OH is 1. The fourth-order valence-corrected chi connectivity index (χ4v) is 2.65. The van der Waals surface area contributed by atoms with Crippen LogP contribution in [0.15, 0.2) is 36.7 Å². The summed E-state index contributed by atoms with van der Waals surface area (Å²) in [6.45, 7) is 9.64. The van der Waals surface area contributed by atoms with Crippen LogP contribution in [-0.2, 0) is 11.3 Å². The summed E-state index contributed by atoms with van der Waals surface area (Å²) in [5, 5.41) is 15.2. The third kappa shape index (κ3) is 7.53. The first-order chi connectivity index (χ1) is 12.7. The normalized spacial score (nSPS) is 12.8. The number of aliphatic hydroxyl groups is 1. The van der Waals surface area contributed by atoms with E-state index in [9.17, 15) is 9.90 Å². The molecule has 2 rings (SSSR count). The molecule has 2 aromatic rings. The zero-order valence-corrected chi connectivity index (χ0v) is 16.7. The Morgan fingerprint density at radius 1 is 1.26 bits per heavy atom. The fraction of sp³-hybridized carbons (Fsp3) is 0.524. The van der Waals surface area contributed by atoms with Crippen molar-refractivity contribution in [2.24, 2.45) is 0 Å². The van der Waals surface area contributed by atoms with Crippen molar-refractivity contribution in [3.8, 4) is 0 Å². The van der Waals surface area contributed by atoms with Crippen LogP contribution in [0.4, 0.5) is 4.79 Å². The van der Waals surface area contributed by atoms with Gasteiger partial charge < -0.3 is 20.1 Å². The van der Waals surface area contributed by atoms with E-state index in [0.717, 1.165) is 17.3 Å². The van der Waals surface area contributed by atoms with Crippen LogP contribution < -0.4 is 5.32 Å². The minimum absolute atomic E-state index is 0.344. The van der Waals surface area contributed by atoms with Gasteiger partial charge in [0.05, 0.1) is 6.10 Å². The SMILES string of the molecule is C[C@H](O)CCN(CCNCc1ccc2cnccc2c1)C(=O)OC(C)(C)C. The van der Waals surface area contributed by atoms with Gasteiger partial charge in [0.2, 0.25) is 0 Å². The monoisotopic (exact) mass is 373 g/mol. The van der Waals surface area contributed by atoms with E-state index in [1.807, 2.05) is 33.0 Å². The lowest BCUT2D eigenvalue weighted by atomic mass is 10.1. The number of ether oxygens (including phenoxy) is 1. The first-order valence-corrected chi connectivity index (χ1v) is 9.44. The second kappa shape index (κ2) is 9.67. The summed E-state index contributed by atoms with van der Waals surface area (Å²) in [4.78, 5) is 18.1. The number of hydrogen-bond donors (Lipinski definition) is 2. The molecule has 27 heavy (non-hydrogen) atoms. The number of fused-ring (bicyclic) bond motifs is 1. The van der Waals surface area contributed by atoms with Gasteiger partial charge in [-0.1, -0.05) is 12.1 Å². The van der Waals surface area contributed by atoms with Gasteiger partial charge in [0.25, 0.3) is 0 Å². The van der Waals surface area contributed by atoms with Gasteiger partial charge in [-0.15, -0.1) is 0 Å². The lowest BCUT2D eigenvalue weighted by Crippen LogP contribution is -2.41. The van der Waals surface area contributed by atoms with Crippen molar-refractivity contribution in [2.45, 2.75) is 52.4 Å². The number of amides is 1. The smallest absolute Gasteiger partial charge is 0.410 e. The Balaban J connectivity index is 1.86. The number of benzene rings is 1. The maximum atomic E-state index is 12.4. The Morgan fingerprint density at radius 2 is 2.04 bits per heavy atom. The molecule has 0 radical (unpaired) electrons. The molecular weight excluding hydrogens is 342 g/mol. The summed E-state index contributed by atoms with van der Waals surface area (Å²) in [5.74, 6) is 0. The maximum Gasteiger partial charge on any atom is 0.410 e. The van der Waals surface area contributed by atoms with Gasteiger partial charge in [-0.2, -0.15) is 0 Å². The van der Waals surface area contributed by atoms with E-state index in [1.54, 1.807) is 18.0 Å². The number of nitrogens with one attached hydrogen (secondary N) is 1. The summed E-state index contributed by atoms with van der Waals surface area (Å²) in [6.07, 6.45) is 3.38. The molecule has 6 heteroatoms. The van der Waals surface area contributed by atoms with Crippen LogP contribution >= 0.6 is 0 Å². The Bertz CT molecular complexity index is 741. The third-order valence-electron chi connectivity index (χ3n) is 4.06. The van der Waals surface area contributed by atoms with Gasteiger partial charge in [0.1, 0.15) is 5.60 Å². The number of pyridine rings is 1. The Hall–Kier alpha value is -2.18. The van der Waals surface area contributed by atoms with E-state index in [4.69, 9.17) is 4.74 Å². The average molecular weight is 373 g/mol. The van der Waals surface area contributed by atoms with Crippen molar-refractivity contribution >= 4 is 16.9 Å². The Labute approximate surface area is 161 Å². The molecular formula is C21H31N3O3. The van der Waals surface area contributed by atoms with E-state index in [-0.39, 0.29) is 6.09 Å². The number of aromatic nitrogens is 1. The highest BCUT2D eigenvalue weighted by Crippen LogP contribution is 2.14. The molecule has 0 unspecified atom stereocenters. The molecule has 1 atom stereocenters. The van der Waals surface area contributed by atoms with Crippen LogP contribution in [0.3, 0.4) is 0 Å². The molecule has 0 saturated carbocycles. The van der Waals surface area contributed by atoms with Crippen molar-refractivity contribution in [1.29, 1.82) is 0 Å². The highest BCUT2D eigenvalue weighted by Gasteiger charge is 2.22. The number of rotatable bonds is 8. The van der Waals surface area contributed by atoms with Crippen LogP contribution in [0.25, 0.3) is 10.8 Å². The van der Waals surface area contributed by atoms with Gasteiger partial charge in [-0.3, -0.25) is 4.98 Å². The van der Waals surface area contributed by atoms with E-state index in [1.165, 1.54) is 5.56 Å². The standard InChI is InChI=1S/C21H31N3O3/c1-16(25)8-11-24(20(26)27-21(2,3)4)12-10-23-14-17-5-6-19-15-22-9-7-18(19)13-17/h5-7,9,13,15-16,23,25H,8,10-12,14H2,1-4H3/t16-/m0/s1. The van der Waals surface area contributed by atoms with Crippen LogP contribution in [0, 0.1) is 0 Å². The number of nitrogens with zero attached hydrogens (tertiary/aromatic N) is 2. The zero-order chi connectivity index (χ0) is 19.9. The first kappa shape index (κ1) is 21.1. The molecule has 1 aromatic heterocycles. The quantitative estimate of drug-likeness (QED) is 0.694. The lowest BCUT2D eigenvalue weighted by Gasteiger charge is -2.28. The second-order valence-corrected chi connectivity index (χ2v) is 7.84. The van der Waals surface area contributed by atoms with E-state index in [0.29, 0.717) is 26.1 Å². The average Bonchev–Trinajstić information content (AvgIpc) is 2.59. The highest BCUT2D eigenvalue weighted by atomic mass is 16.6. The molecule has 0 bridgehead atoms. The Morgan fingerprint density at radius 3 is 2.74 bits per heavy atom. The molecule has 1 heterocycles. The van der Waals surface area contributed by atoms with Gasteiger partial charge in [-0.25, -0.2) is 4.79 Å². The summed E-state index contributed by atoms with van der Waals surface area (Å²) in [6, 6.07) is 8.29. The Kier molecular flexibility index (Phi) is 7.56. The molecule has 0 fully saturated rings. The minimum Gasteiger partial charge on any atom is -0.444 e. The van der Waals surface area contributed by atoms with Crippen LogP contribution in [0.1, 0.15) is 39.7 Å². The molecule has 0 aliphatic carbocycles. The molecule has 1 amide bonds. The van der Waals surface area contributed by atoms with E-state index in [2.05, 4.69) is 28.5 Å². The molecule has 2 N–H and O–H groups in total. The van der Waals surface area contributed by atoms with E-state index < -0.39 is 11.7 Å². The molecule has 0 saturated heterocycles. The molecule has 0 aliphatic heterocycles. The highest BCUT2D eigenvalue weighted by molar-refractivity contribution is 5.81. The predicted octanol–water partition coefficient (Wildman–Crippen LogP) is 3.33. The largest absolute Gasteiger partial charge is 0.444 e. The number of hydrogen-bond acceptors (Lipinski definition) is 5. The van der Waals surface area contributed by atoms with Gasteiger partial charge in [0, 0.05) is 44.0 Å². The second-order valence-electron chi connectivity index (χ2n) is 7.84. The number of carbonyl (C=O) groups is 1. The van der Waals surface area contributed by atoms with Crippen molar-refractivity contribution in [2.75, 3.05) is 19.6 Å². The molecule has 1 aromatic carbocycles. The molecule has 6 nitrogen and oxygen atoms in total. The molecule has 0 aliphatic rings. The first-order valence-electron chi connectivity index (χ1n) is 9.44. The van der Waals surface area contributed by atoms with Crippen molar-refractivity contribution in [3.63, 3.8) is 0 Å². The van der Waals surface area contributed by atoms with Gasteiger partial charge in [0.15, 0.2) is 0 Å². The summed E-state index contributed by atoms with van der Waals surface area (Å²) in [7, 11) is 0. The summed E-state index contributed by atoms with van der Waals surface area (Å²) >= 11 is 0. The van der Waals surface area contributed by atoms with Gasteiger partial charge >= 0.3 is 6.09 Å². The third-order valence-corrected chi connectivity index (χ3v) is 4.06. The van der Waals surface area contributed by atoms with Crippen molar-refractivity contribution in [3.05, 3.63) is 42.2 Å². The van der Waals surface area contributed by atoms with E-state index >= 15 is 0 Å². The fourth-order valence-electron chi connectivity index (χ4n) is 2.65. The molecule has 0 spiro atoms. The van der Waals surface area contributed by atoms with Crippen LogP contribution in [-0.4, -0.2) is 52.4 Å². The zero-order valence-electron chi connectivity index (χ0n) is 16.7. The van der Waals surface area contributed by atoms with Crippen molar-refractivity contribution in [1.82, 2.24) is 15.2 Å². The predicted molar refractivity (Wildman–Crippen MR) is 108 cm³/mol. The van der Waals surface area contributed by atoms with Crippen LogP contribution in [0.5, 0.6) is 0 Å². The topological polar surface area (TPSA) is 74.7 Å². The van der Waals surface area contributed by atoms with Crippen molar-refractivity contribution < 1.29 is 14.6 Å². The summed E-state index contributed by atoms with van der Waals surface area (Å²) in [5.41, 5.74) is 0.648. The van der Waals surface area contributed by atoms with Crippen LogP contribution in [0.2, 0.25) is 0 Å². The number of carbonyl (C=O) groups excluding carboxylic acids is 1. The van der Waals surface area contributed by atoms with Gasteiger partial charge in [-0.05, 0) is 57.2 Å². The maximum absolute atomic E-state index is 12.4.